The van der Waals surface area contributed by atoms with Gasteiger partial charge >= 0.3 is 12.3 Å². The fourth-order valence-electron chi connectivity index (χ4n) is 4.09. The topological polar surface area (TPSA) is 89.9 Å². The largest absolute Gasteiger partial charge is 0.465 e. The van der Waals surface area contributed by atoms with Crippen LogP contribution in [-0.2, 0) is 10.2 Å². The van der Waals surface area contributed by atoms with Crippen LogP contribution in [-0.4, -0.2) is 53.5 Å². The van der Waals surface area contributed by atoms with Crippen LogP contribution < -0.4 is 5.32 Å². The molecule has 0 aliphatic heterocycles. The zero-order chi connectivity index (χ0) is 26.4. The van der Waals surface area contributed by atoms with Crippen LogP contribution in [0, 0.1) is 5.82 Å². The van der Waals surface area contributed by atoms with Crippen LogP contribution in [0.5, 0.6) is 0 Å². The van der Waals surface area contributed by atoms with Crippen molar-refractivity contribution in [3.8, 4) is 0 Å². The summed E-state index contributed by atoms with van der Waals surface area (Å²) in [5.74, 6) is -1.93. The number of halogens is 6. The molecule has 2 amide bonds. The van der Waals surface area contributed by atoms with Gasteiger partial charge in [-0.3, -0.25) is 4.79 Å². The number of carbonyl (C=O) groups excluding carboxylic acids is 1. The Bertz CT molecular complexity index is 1050. The molecule has 0 bridgehead atoms. The van der Waals surface area contributed by atoms with Crippen molar-refractivity contribution in [1.29, 1.82) is 0 Å². The molecule has 0 saturated carbocycles. The fourth-order valence-corrected chi connectivity index (χ4v) is 4.38. The van der Waals surface area contributed by atoms with E-state index in [2.05, 4.69) is 5.32 Å². The molecular formula is C23H24Cl2F4N2O4. The highest BCUT2D eigenvalue weighted by atomic mass is 35.5. The minimum Gasteiger partial charge on any atom is -0.465 e. The molecule has 0 aromatic heterocycles. The van der Waals surface area contributed by atoms with Gasteiger partial charge in [0.1, 0.15) is 12.2 Å². The molecule has 2 atom stereocenters. The van der Waals surface area contributed by atoms with Gasteiger partial charge in [0, 0.05) is 25.6 Å². The first-order chi connectivity index (χ1) is 16.3. The predicted octanol–water partition coefficient (Wildman–Crippen LogP) is 5.56. The summed E-state index contributed by atoms with van der Waals surface area (Å²) >= 11 is 12.3. The number of carboxylic acid groups (broad SMARTS) is 1. The Morgan fingerprint density at radius 1 is 1.11 bits per heavy atom. The normalized spacial score (nSPS) is 14.2. The van der Waals surface area contributed by atoms with Gasteiger partial charge in [0.05, 0.1) is 16.1 Å². The van der Waals surface area contributed by atoms with Crippen molar-refractivity contribution in [2.45, 2.75) is 36.9 Å². The predicted molar refractivity (Wildman–Crippen MR) is 123 cm³/mol. The van der Waals surface area contributed by atoms with Gasteiger partial charge in [-0.2, -0.15) is 13.2 Å². The SMILES string of the molecule is CN(C[C@](CCCO)(c1ccc(Cl)c(Cl)c1)C(NC(=O)O)c1cccc(F)c1)C(=O)CC(F)(F)F. The molecule has 0 radical (unpaired) electrons. The molecule has 2 aromatic carbocycles. The molecule has 35 heavy (non-hydrogen) atoms. The lowest BCUT2D eigenvalue weighted by atomic mass is 9.68. The van der Waals surface area contributed by atoms with Crippen molar-refractivity contribution < 1.29 is 37.4 Å². The number of nitrogens with zero attached hydrogens (tertiary/aromatic N) is 1. The van der Waals surface area contributed by atoms with Crippen LogP contribution in [0.2, 0.25) is 10.0 Å². The summed E-state index contributed by atoms with van der Waals surface area (Å²) in [5, 5.41) is 21.8. The molecule has 3 N–H and O–H groups in total. The van der Waals surface area contributed by atoms with Crippen molar-refractivity contribution in [3.63, 3.8) is 0 Å². The molecule has 6 nitrogen and oxygen atoms in total. The maximum atomic E-state index is 14.2. The first kappa shape index (κ1) is 28.7. The monoisotopic (exact) mass is 538 g/mol. The first-order valence-corrected chi connectivity index (χ1v) is 11.2. The lowest BCUT2D eigenvalue weighted by Crippen LogP contribution is -2.51. The average Bonchev–Trinajstić information content (AvgIpc) is 2.75. The molecule has 0 aliphatic carbocycles. The van der Waals surface area contributed by atoms with E-state index in [0.29, 0.717) is 5.56 Å². The van der Waals surface area contributed by atoms with Gasteiger partial charge in [-0.25, -0.2) is 9.18 Å². The molecule has 0 fully saturated rings. The second kappa shape index (κ2) is 11.9. The molecule has 0 spiro atoms. The van der Waals surface area contributed by atoms with E-state index in [-0.39, 0.29) is 35.1 Å². The summed E-state index contributed by atoms with van der Waals surface area (Å²) < 4.78 is 52.9. The number of aliphatic hydroxyl groups is 1. The summed E-state index contributed by atoms with van der Waals surface area (Å²) in [6, 6.07) is 8.13. The molecule has 2 aromatic rings. The molecule has 1 unspecified atom stereocenters. The molecule has 0 saturated heterocycles. The number of benzene rings is 2. The number of alkyl halides is 3. The van der Waals surface area contributed by atoms with Gasteiger partial charge in [-0.15, -0.1) is 0 Å². The quantitative estimate of drug-likeness (QED) is 0.345. The van der Waals surface area contributed by atoms with Crippen molar-refractivity contribution in [1.82, 2.24) is 10.2 Å². The van der Waals surface area contributed by atoms with Gasteiger partial charge in [0.2, 0.25) is 5.91 Å². The number of rotatable bonds is 10. The molecule has 0 heterocycles. The van der Waals surface area contributed by atoms with Crippen LogP contribution >= 0.6 is 23.2 Å². The van der Waals surface area contributed by atoms with E-state index >= 15 is 0 Å². The van der Waals surface area contributed by atoms with Crippen LogP contribution in [0.25, 0.3) is 0 Å². The lowest BCUT2D eigenvalue weighted by molar-refractivity contribution is -0.161. The van der Waals surface area contributed by atoms with Gasteiger partial charge in [-0.05, 0) is 48.2 Å². The van der Waals surface area contributed by atoms with E-state index in [9.17, 15) is 37.4 Å². The molecule has 12 heteroatoms. The van der Waals surface area contributed by atoms with Gasteiger partial charge < -0.3 is 20.4 Å². The van der Waals surface area contributed by atoms with Crippen LogP contribution in [0.4, 0.5) is 22.4 Å². The Morgan fingerprint density at radius 2 is 1.80 bits per heavy atom. The number of nitrogens with one attached hydrogen (secondary N) is 1. The molecular weight excluding hydrogens is 515 g/mol. The second-order valence-electron chi connectivity index (χ2n) is 8.09. The number of hydrogen-bond donors (Lipinski definition) is 3. The van der Waals surface area contributed by atoms with Crippen LogP contribution in [0.15, 0.2) is 42.5 Å². The average molecular weight is 539 g/mol. The number of amides is 2. The first-order valence-electron chi connectivity index (χ1n) is 10.4. The highest BCUT2D eigenvalue weighted by Gasteiger charge is 2.45. The van der Waals surface area contributed by atoms with Gasteiger partial charge in [0.25, 0.3) is 0 Å². The Balaban J connectivity index is 2.77. The van der Waals surface area contributed by atoms with E-state index < -0.39 is 48.4 Å². The summed E-state index contributed by atoms with van der Waals surface area (Å²) in [4.78, 5) is 25.1. The Hall–Kier alpha value is -2.56. The maximum Gasteiger partial charge on any atom is 0.405 e. The smallest absolute Gasteiger partial charge is 0.405 e. The maximum absolute atomic E-state index is 14.2. The van der Waals surface area contributed by atoms with Crippen LogP contribution in [0.3, 0.4) is 0 Å². The van der Waals surface area contributed by atoms with Gasteiger partial charge in [-0.1, -0.05) is 41.4 Å². The highest BCUT2D eigenvalue weighted by Crippen LogP contribution is 2.44. The minimum atomic E-state index is -4.76. The van der Waals surface area contributed by atoms with Crippen molar-refractivity contribution >= 4 is 35.2 Å². The summed E-state index contributed by atoms with van der Waals surface area (Å²) in [7, 11) is 1.16. The fraction of sp³-hybridized carbons (Fsp3) is 0.391. The number of carbonyl (C=O) groups is 2. The number of likely N-dealkylation sites (N-methyl/N-ethyl adjacent to an activating group) is 1. The van der Waals surface area contributed by atoms with Crippen LogP contribution in [0.1, 0.15) is 36.4 Å². The lowest BCUT2D eigenvalue weighted by Gasteiger charge is -2.44. The molecule has 192 valence electrons. The van der Waals surface area contributed by atoms with E-state index in [1.807, 2.05) is 0 Å². The van der Waals surface area contributed by atoms with Crippen molar-refractivity contribution in [3.05, 3.63) is 69.5 Å². The van der Waals surface area contributed by atoms with E-state index in [1.165, 1.54) is 30.3 Å². The Morgan fingerprint density at radius 3 is 2.34 bits per heavy atom. The van der Waals surface area contributed by atoms with Gasteiger partial charge in [0.15, 0.2) is 0 Å². The zero-order valence-corrected chi connectivity index (χ0v) is 20.1. The Kier molecular flexibility index (Phi) is 9.76. The number of hydrogen-bond acceptors (Lipinski definition) is 3. The molecule has 2 rings (SSSR count). The Labute approximate surface area is 209 Å². The third kappa shape index (κ3) is 7.71. The number of aliphatic hydroxyl groups excluding tert-OH is 1. The van der Waals surface area contributed by atoms with E-state index in [4.69, 9.17) is 23.2 Å². The van der Waals surface area contributed by atoms with E-state index in [0.717, 1.165) is 24.1 Å². The summed E-state index contributed by atoms with van der Waals surface area (Å²) in [6.07, 6.45) is -7.90. The highest BCUT2D eigenvalue weighted by molar-refractivity contribution is 6.42. The third-order valence-corrected chi connectivity index (χ3v) is 6.31. The second-order valence-corrected chi connectivity index (χ2v) is 8.91. The summed E-state index contributed by atoms with van der Waals surface area (Å²) in [5.41, 5.74) is -0.984. The summed E-state index contributed by atoms with van der Waals surface area (Å²) in [6.45, 7) is -0.756. The minimum absolute atomic E-state index is 0.00738. The molecule has 0 aliphatic rings. The standard InChI is InChI=1S/C23H24Cl2F4N2O4/c1-31(19(33)12-23(27,28)29)13-22(8-3-9-32,15-6-7-17(24)18(25)11-15)20(30-21(34)35)14-4-2-5-16(26)10-14/h2,4-7,10-11,20,30,32H,3,8-9,12-13H2,1H3,(H,34,35)/t20?,22-/m1/s1. The zero-order valence-electron chi connectivity index (χ0n) is 18.6. The van der Waals surface area contributed by atoms with Crippen molar-refractivity contribution in [2.75, 3.05) is 20.2 Å². The van der Waals surface area contributed by atoms with E-state index in [1.54, 1.807) is 0 Å². The third-order valence-electron chi connectivity index (χ3n) is 5.57. The van der Waals surface area contributed by atoms with Crippen molar-refractivity contribution in [2.24, 2.45) is 0 Å².